The minimum absolute atomic E-state index is 0. The highest BCUT2D eigenvalue weighted by molar-refractivity contribution is 7.89. The Kier molecular flexibility index (Phi) is 7.44. The molecule has 0 spiro atoms. The number of para-hydroxylation sites is 1. The van der Waals surface area contributed by atoms with E-state index in [2.05, 4.69) is 0 Å². The average molecular weight is 489 g/mol. The van der Waals surface area contributed by atoms with Crippen molar-refractivity contribution in [2.45, 2.75) is 23.0 Å². The quantitative estimate of drug-likeness (QED) is 0.504. The van der Waals surface area contributed by atoms with Gasteiger partial charge in [-0.05, 0) is 41.8 Å². The highest BCUT2D eigenvalue weighted by atomic mass is 35.5. The van der Waals surface area contributed by atoms with E-state index in [1.165, 1.54) is 16.4 Å². The molecule has 1 aliphatic heterocycles. The maximum absolute atomic E-state index is 13.3. The van der Waals surface area contributed by atoms with Crippen LogP contribution in [0.1, 0.15) is 11.1 Å². The van der Waals surface area contributed by atoms with E-state index < -0.39 is 27.6 Å². The molecule has 0 radical (unpaired) electrons. The van der Waals surface area contributed by atoms with Crippen molar-refractivity contribution in [1.29, 1.82) is 0 Å². The first-order valence-electron chi connectivity index (χ1n) is 10.2. The normalized spacial score (nSPS) is 16.2. The summed E-state index contributed by atoms with van der Waals surface area (Å²) in [6.45, 7) is 0.320. The van der Waals surface area contributed by atoms with Crippen molar-refractivity contribution in [2.75, 3.05) is 13.1 Å². The average Bonchev–Trinajstić information content (AvgIpc) is 2.77. The molecule has 0 unspecified atom stereocenters. The Balaban J connectivity index is 0.00000306. The number of carboxylic acid groups (broad SMARTS) is 1. The van der Waals surface area contributed by atoms with E-state index in [9.17, 15) is 13.2 Å². The Morgan fingerprint density at radius 3 is 2.21 bits per heavy atom. The smallest absolute Gasteiger partial charge is 0.320 e. The summed E-state index contributed by atoms with van der Waals surface area (Å²) in [5, 5.41) is 9.03. The van der Waals surface area contributed by atoms with Gasteiger partial charge in [0.1, 0.15) is 11.8 Å². The molecule has 0 aliphatic carbocycles. The number of halogens is 1. The molecule has 1 fully saturated rings. The lowest BCUT2D eigenvalue weighted by atomic mass is 9.87. The van der Waals surface area contributed by atoms with Crippen LogP contribution in [0.3, 0.4) is 0 Å². The number of carbonyl (C=O) groups is 1. The zero-order valence-corrected chi connectivity index (χ0v) is 19.3. The highest BCUT2D eigenvalue weighted by Gasteiger charge is 2.52. The molecule has 3 aromatic rings. The van der Waals surface area contributed by atoms with Gasteiger partial charge in [-0.25, -0.2) is 8.42 Å². The van der Waals surface area contributed by atoms with Gasteiger partial charge in [0.05, 0.1) is 18.0 Å². The molecule has 1 aliphatic rings. The Bertz CT molecular complexity index is 1200. The van der Waals surface area contributed by atoms with Gasteiger partial charge in [-0.1, -0.05) is 60.7 Å². The highest BCUT2D eigenvalue weighted by Crippen LogP contribution is 2.40. The summed E-state index contributed by atoms with van der Waals surface area (Å²) in [7, 11) is -3.79. The predicted molar refractivity (Wildman–Crippen MR) is 127 cm³/mol. The molecule has 3 aromatic carbocycles. The molecule has 0 aromatic heterocycles. The van der Waals surface area contributed by atoms with Crippen molar-refractivity contribution in [2.24, 2.45) is 5.73 Å². The van der Waals surface area contributed by atoms with Crippen LogP contribution in [0, 0.1) is 0 Å². The van der Waals surface area contributed by atoms with Gasteiger partial charge in [-0.15, -0.1) is 12.4 Å². The van der Waals surface area contributed by atoms with Crippen molar-refractivity contribution in [3.05, 3.63) is 96.1 Å². The number of ether oxygens (including phenoxy) is 1. The van der Waals surface area contributed by atoms with Gasteiger partial charge >= 0.3 is 5.97 Å². The van der Waals surface area contributed by atoms with E-state index in [1.807, 2.05) is 60.7 Å². The minimum Gasteiger partial charge on any atom is -0.480 e. The zero-order chi connectivity index (χ0) is 22.8. The van der Waals surface area contributed by atoms with Crippen molar-refractivity contribution in [1.82, 2.24) is 4.31 Å². The molecule has 4 rings (SSSR count). The van der Waals surface area contributed by atoms with Crippen LogP contribution < -0.4 is 10.5 Å². The second kappa shape index (κ2) is 9.93. The van der Waals surface area contributed by atoms with Crippen molar-refractivity contribution < 1.29 is 23.1 Å². The first-order valence-corrected chi connectivity index (χ1v) is 11.6. The fraction of sp³-hybridized carbons (Fsp3) is 0.208. The first-order chi connectivity index (χ1) is 15.3. The van der Waals surface area contributed by atoms with Crippen LogP contribution in [-0.2, 0) is 26.8 Å². The Morgan fingerprint density at radius 1 is 1.00 bits per heavy atom. The zero-order valence-electron chi connectivity index (χ0n) is 17.7. The molecule has 0 amide bonds. The molecule has 1 atom stereocenters. The van der Waals surface area contributed by atoms with Crippen LogP contribution in [0.15, 0.2) is 89.8 Å². The number of sulfonamides is 1. The van der Waals surface area contributed by atoms with Crippen LogP contribution in [0.2, 0.25) is 0 Å². The van der Waals surface area contributed by atoms with Crippen molar-refractivity contribution in [3.63, 3.8) is 0 Å². The molecule has 174 valence electrons. The summed E-state index contributed by atoms with van der Waals surface area (Å²) in [5.74, 6) is -0.468. The number of carboxylic acids is 1. The monoisotopic (exact) mass is 488 g/mol. The SMILES string of the molecule is Cl.N[C@@H](Cc1cccc(S(=O)(=O)N2CC(Oc3ccccc3)(c3ccccc3)C2)c1)C(=O)O. The summed E-state index contributed by atoms with van der Waals surface area (Å²) in [4.78, 5) is 11.1. The summed E-state index contributed by atoms with van der Waals surface area (Å²) < 4.78 is 34.2. The fourth-order valence-electron chi connectivity index (χ4n) is 3.78. The predicted octanol–water partition coefficient (Wildman–Crippen LogP) is 3.04. The molecular weight excluding hydrogens is 464 g/mol. The number of rotatable bonds is 8. The van der Waals surface area contributed by atoms with Gasteiger partial charge in [0.2, 0.25) is 10.0 Å². The van der Waals surface area contributed by atoms with Crippen molar-refractivity contribution in [3.8, 4) is 5.75 Å². The molecule has 1 saturated heterocycles. The van der Waals surface area contributed by atoms with Gasteiger partial charge in [0.25, 0.3) is 0 Å². The summed E-state index contributed by atoms with van der Waals surface area (Å²) in [6, 6.07) is 24.1. The number of hydrogen-bond acceptors (Lipinski definition) is 5. The van der Waals surface area contributed by atoms with E-state index in [-0.39, 0.29) is 36.8 Å². The number of benzene rings is 3. The topological polar surface area (TPSA) is 110 Å². The van der Waals surface area contributed by atoms with Crippen LogP contribution >= 0.6 is 12.4 Å². The number of aliphatic carboxylic acids is 1. The largest absolute Gasteiger partial charge is 0.480 e. The molecule has 7 nitrogen and oxygen atoms in total. The van der Waals surface area contributed by atoms with E-state index >= 15 is 0 Å². The standard InChI is InChI=1S/C24H24N2O5S.ClH/c25-22(23(27)28)15-18-8-7-13-21(14-18)32(29,30)26-16-24(17-26,19-9-3-1-4-10-19)31-20-11-5-2-6-12-20;/h1-14,22H,15-17,25H2,(H,27,28);1H/t22-;/m0./s1. The second-order valence-electron chi connectivity index (χ2n) is 7.84. The third-order valence-corrected chi connectivity index (χ3v) is 7.32. The maximum atomic E-state index is 13.3. The molecular formula is C24H25ClN2O5S. The third kappa shape index (κ3) is 5.20. The number of nitrogens with two attached hydrogens (primary N) is 1. The Hall–Kier alpha value is -2.91. The number of hydrogen-bond donors (Lipinski definition) is 2. The van der Waals surface area contributed by atoms with Gasteiger partial charge in [0.15, 0.2) is 5.60 Å². The molecule has 9 heteroatoms. The molecule has 3 N–H and O–H groups in total. The summed E-state index contributed by atoms with van der Waals surface area (Å²) >= 11 is 0. The Labute approximate surface area is 199 Å². The number of nitrogens with zero attached hydrogens (tertiary/aromatic N) is 1. The van der Waals surface area contributed by atoms with Crippen molar-refractivity contribution >= 4 is 28.4 Å². The molecule has 1 heterocycles. The van der Waals surface area contributed by atoms with E-state index in [4.69, 9.17) is 15.6 Å². The lowest BCUT2D eigenvalue weighted by molar-refractivity contribution is -0.138. The third-order valence-electron chi connectivity index (χ3n) is 5.53. The van der Waals surface area contributed by atoms with Gasteiger partial charge < -0.3 is 15.6 Å². The fourth-order valence-corrected chi connectivity index (χ4v) is 5.38. The molecule has 33 heavy (non-hydrogen) atoms. The van der Waals surface area contributed by atoms with Crippen LogP contribution in [0.5, 0.6) is 5.75 Å². The lowest BCUT2D eigenvalue weighted by Gasteiger charge is -2.48. The van der Waals surface area contributed by atoms with Gasteiger partial charge in [-0.3, -0.25) is 4.79 Å². The molecule has 0 bridgehead atoms. The van der Waals surface area contributed by atoms with E-state index in [0.29, 0.717) is 11.3 Å². The lowest BCUT2D eigenvalue weighted by Crippen LogP contribution is -2.63. The Morgan fingerprint density at radius 2 is 1.61 bits per heavy atom. The maximum Gasteiger partial charge on any atom is 0.320 e. The van der Waals surface area contributed by atoms with Gasteiger partial charge in [0, 0.05) is 0 Å². The van der Waals surface area contributed by atoms with Gasteiger partial charge in [-0.2, -0.15) is 4.31 Å². The van der Waals surface area contributed by atoms with Crippen LogP contribution in [0.25, 0.3) is 0 Å². The minimum atomic E-state index is -3.79. The second-order valence-corrected chi connectivity index (χ2v) is 9.78. The summed E-state index contributed by atoms with van der Waals surface area (Å²) in [5.41, 5.74) is 6.26. The van der Waals surface area contributed by atoms with Crippen LogP contribution in [-0.4, -0.2) is 42.9 Å². The summed E-state index contributed by atoms with van der Waals surface area (Å²) in [6.07, 6.45) is 0.0454. The molecule has 0 saturated carbocycles. The van der Waals surface area contributed by atoms with E-state index in [0.717, 1.165) is 5.56 Å². The van der Waals surface area contributed by atoms with Crippen LogP contribution in [0.4, 0.5) is 0 Å². The first kappa shape index (κ1) is 24.7. The van der Waals surface area contributed by atoms with E-state index in [1.54, 1.807) is 12.1 Å².